The predicted molar refractivity (Wildman–Crippen MR) is 84.0 cm³/mol. The molecule has 0 amide bonds. The highest BCUT2D eigenvalue weighted by Gasteiger charge is 2.24. The number of nitriles is 1. The summed E-state index contributed by atoms with van der Waals surface area (Å²) in [6.07, 6.45) is 2.82. The number of sulfonamides is 1. The lowest BCUT2D eigenvalue weighted by Crippen LogP contribution is -2.36. The van der Waals surface area contributed by atoms with E-state index < -0.39 is 10.0 Å². The molecular weight excluding hydrogens is 292 g/mol. The second kappa shape index (κ2) is 7.67. The van der Waals surface area contributed by atoms with Crippen LogP contribution in [0.4, 0.5) is 0 Å². The smallest absolute Gasteiger partial charge is 0.212 e. The molecule has 110 valence electrons. The minimum absolute atomic E-state index is 0.0401. The summed E-state index contributed by atoms with van der Waals surface area (Å²) in [4.78, 5) is 0. The summed E-state index contributed by atoms with van der Waals surface area (Å²) in [5.41, 5.74) is 0.972. The standard InChI is InChI=1S/C14H20N2O2S2/c1-12(8-9-19-3)16(2)20(17,18)11-14-7-5-4-6-13(14)10-15/h4-7,12H,8-9,11H2,1-3H3. The molecule has 0 bridgehead atoms. The minimum Gasteiger partial charge on any atom is -0.212 e. The third-order valence-corrected chi connectivity index (χ3v) is 5.83. The van der Waals surface area contributed by atoms with Crippen molar-refractivity contribution >= 4 is 21.8 Å². The molecule has 0 fully saturated rings. The molecule has 1 rings (SSSR count). The van der Waals surface area contributed by atoms with Crippen LogP contribution in [0, 0.1) is 11.3 Å². The SMILES string of the molecule is CSCCC(C)N(C)S(=O)(=O)Cc1ccccc1C#N. The quantitative estimate of drug-likeness (QED) is 0.776. The molecule has 0 aliphatic carbocycles. The molecule has 0 heterocycles. The fraction of sp³-hybridized carbons (Fsp3) is 0.500. The number of nitrogens with zero attached hydrogens (tertiary/aromatic N) is 2. The van der Waals surface area contributed by atoms with Crippen LogP contribution >= 0.6 is 11.8 Å². The Hall–Kier alpha value is -1.03. The van der Waals surface area contributed by atoms with Gasteiger partial charge in [-0.1, -0.05) is 18.2 Å². The Labute approximate surface area is 125 Å². The van der Waals surface area contributed by atoms with Crippen LogP contribution in [0.5, 0.6) is 0 Å². The molecule has 20 heavy (non-hydrogen) atoms. The van der Waals surface area contributed by atoms with E-state index in [-0.39, 0.29) is 11.8 Å². The third kappa shape index (κ3) is 4.51. The summed E-state index contributed by atoms with van der Waals surface area (Å²) in [7, 11) is -1.80. The van der Waals surface area contributed by atoms with Crippen molar-refractivity contribution in [1.82, 2.24) is 4.31 Å². The van der Waals surface area contributed by atoms with Crippen LogP contribution in [0.3, 0.4) is 0 Å². The van der Waals surface area contributed by atoms with Crippen LogP contribution in [-0.2, 0) is 15.8 Å². The fourth-order valence-corrected chi connectivity index (χ4v) is 3.88. The van der Waals surface area contributed by atoms with Crippen molar-refractivity contribution in [2.24, 2.45) is 0 Å². The van der Waals surface area contributed by atoms with Gasteiger partial charge in [-0.25, -0.2) is 12.7 Å². The zero-order valence-corrected chi connectivity index (χ0v) is 13.7. The molecule has 4 nitrogen and oxygen atoms in total. The number of thioether (sulfide) groups is 1. The van der Waals surface area contributed by atoms with Gasteiger partial charge in [0.2, 0.25) is 10.0 Å². The normalized spacial score (nSPS) is 13.2. The second-order valence-corrected chi connectivity index (χ2v) is 7.69. The summed E-state index contributed by atoms with van der Waals surface area (Å²) in [5.74, 6) is 0.798. The first-order chi connectivity index (χ1) is 9.42. The first-order valence-corrected chi connectivity index (χ1v) is 9.35. The van der Waals surface area contributed by atoms with Crippen molar-refractivity contribution in [3.05, 3.63) is 35.4 Å². The van der Waals surface area contributed by atoms with Crippen LogP contribution < -0.4 is 0 Å². The van der Waals surface area contributed by atoms with Crippen molar-refractivity contribution in [3.63, 3.8) is 0 Å². The lowest BCUT2D eigenvalue weighted by atomic mass is 10.1. The van der Waals surface area contributed by atoms with E-state index in [0.717, 1.165) is 12.2 Å². The molecule has 0 aromatic heterocycles. The van der Waals surface area contributed by atoms with Crippen molar-refractivity contribution in [1.29, 1.82) is 5.26 Å². The number of hydrogen-bond acceptors (Lipinski definition) is 4. The summed E-state index contributed by atoms with van der Waals surface area (Å²) < 4.78 is 26.2. The number of benzene rings is 1. The van der Waals surface area contributed by atoms with Gasteiger partial charge in [0.1, 0.15) is 0 Å². The summed E-state index contributed by atoms with van der Waals surface area (Å²) in [5, 5.41) is 9.02. The second-order valence-electron chi connectivity index (χ2n) is 4.67. The predicted octanol–water partition coefficient (Wildman–Crippen LogP) is 2.46. The largest absolute Gasteiger partial charge is 0.218 e. The molecule has 6 heteroatoms. The first kappa shape index (κ1) is 17.0. The fourth-order valence-electron chi connectivity index (χ4n) is 1.80. The van der Waals surface area contributed by atoms with E-state index in [4.69, 9.17) is 5.26 Å². The topological polar surface area (TPSA) is 61.2 Å². The number of rotatable bonds is 7. The van der Waals surface area contributed by atoms with Gasteiger partial charge in [0, 0.05) is 13.1 Å². The van der Waals surface area contributed by atoms with Gasteiger partial charge >= 0.3 is 0 Å². The monoisotopic (exact) mass is 312 g/mol. The Balaban J connectivity index is 2.87. The van der Waals surface area contributed by atoms with Crippen LogP contribution in [-0.4, -0.2) is 37.8 Å². The highest BCUT2D eigenvalue weighted by Crippen LogP contribution is 2.17. The van der Waals surface area contributed by atoms with Crippen LogP contribution in [0.15, 0.2) is 24.3 Å². The summed E-state index contributed by atoms with van der Waals surface area (Å²) in [6, 6.07) is 8.81. The van der Waals surface area contributed by atoms with E-state index in [1.54, 1.807) is 43.1 Å². The maximum absolute atomic E-state index is 12.4. The minimum atomic E-state index is -3.40. The van der Waals surface area contributed by atoms with Gasteiger partial charge in [-0.05, 0) is 37.0 Å². The molecular formula is C14H20N2O2S2. The molecule has 0 aliphatic rings. The molecule has 0 radical (unpaired) electrons. The van der Waals surface area contributed by atoms with E-state index >= 15 is 0 Å². The zero-order chi connectivity index (χ0) is 15.2. The lowest BCUT2D eigenvalue weighted by Gasteiger charge is -2.24. The first-order valence-electron chi connectivity index (χ1n) is 6.35. The molecule has 0 N–H and O–H groups in total. The maximum atomic E-state index is 12.4. The highest BCUT2D eigenvalue weighted by atomic mass is 32.2. The zero-order valence-electron chi connectivity index (χ0n) is 12.0. The van der Waals surface area contributed by atoms with Gasteiger partial charge < -0.3 is 0 Å². The average Bonchev–Trinajstić information content (AvgIpc) is 2.44. The van der Waals surface area contributed by atoms with Crippen molar-refractivity contribution in [2.75, 3.05) is 19.1 Å². The van der Waals surface area contributed by atoms with E-state index in [9.17, 15) is 8.42 Å². The van der Waals surface area contributed by atoms with Crippen molar-refractivity contribution in [3.8, 4) is 6.07 Å². The van der Waals surface area contributed by atoms with Crippen molar-refractivity contribution in [2.45, 2.75) is 25.1 Å². The molecule has 0 saturated heterocycles. The molecule has 0 saturated carbocycles. The van der Waals surface area contributed by atoms with Gasteiger partial charge in [0.25, 0.3) is 0 Å². The molecule has 1 aromatic rings. The van der Waals surface area contributed by atoms with Gasteiger partial charge in [0.15, 0.2) is 0 Å². The Morgan fingerprint density at radius 1 is 1.40 bits per heavy atom. The van der Waals surface area contributed by atoms with E-state index in [1.165, 1.54) is 4.31 Å². The number of hydrogen-bond donors (Lipinski definition) is 0. The molecule has 1 aromatic carbocycles. The van der Waals surface area contributed by atoms with E-state index in [2.05, 4.69) is 0 Å². The van der Waals surface area contributed by atoms with Gasteiger partial charge in [-0.2, -0.15) is 17.0 Å². The Bertz CT molecular complexity index is 579. The third-order valence-electron chi connectivity index (χ3n) is 3.27. The van der Waals surface area contributed by atoms with E-state index in [0.29, 0.717) is 11.1 Å². The summed E-state index contributed by atoms with van der Waals surface area (Å²) >= 11 is 1.70. The highest BCUT2D eigenvalue weighted by molar-refractivity contribution is 7.98. The van der Waals surface area contributed by atoms with Gasteiger partial charge in [-0.3, -0.25) is 0 Å². The van der Waals surface area contributed by atoms with Crippen LogP contribution in [0.2, 0.25) is 0 Å². The molecule has 0 spiro atoms. The molecule has 1 atom stereocenters. The van der Waals surface area contributed by atoms with Crippen LogP contribution in [0.25, 0.3) is 0 Å². The van der Waals surface area contributed by atoms with Crippen LogP contribution in [0.1, 0.15) is 24.5 Å². The van der Waals surface area contributed by atoms with Gasteiger partial charge in [0.05, 0.1) is 17.4 Å². The maximum Gasteiger partial charge on any atom is 0.218 e. The molecule has 0 aliphatic heterocycles. The van der Waals surface area contributed by atoms with E-state index in [1.807, 2.05) is 19.2 Å². The lowest BCUT2D eigenvalue weighted by molar-refractivity contribution is 0.382. The van der Waals surface area contributed by atoms with Gasteiger partial charge in [-0.15, -0.1) is 0 Å². The Morgan fingerprint density at radius 2 is 2.05 bits per heavy atom. The van der Waals surface area contributed by atoms with Crippen molar-refractivity contribution < 1.29 is 8.42 Å². The Morgan fingerprint density at radius 3 is 2.65 bits per heavy atom. The Kier molecular flexibility index (Phi) is 6.53. The average molecular weight is 312 g/mol. The molecule has 1 unspecified atom stereocenters. The summed E-state index contributed by atoms with van der Waals surface area (Å²) in [6.45, 7) is 1.91.